The van der Waals surface area contributed by atoms with Gasteiger partial charge in [0.05, 0.1) is 19.8 Å². The SMILES string of the molecule is Ic1ccccc1COP(OCc1ccccc1I)OCc1ccccc1I. The summed E-state index contributed by atoms with van der Waals surface area (Å²) in [4.78, 5) is 0. The largest absolute Gasteiger partial charge is 0.333 e. The number of halogens is 3. The standard InChI is InChI=1S/C21H18I3O3P/c22-19-10-4-1-7-16(19)13-25-28(26-14-17-8-2-5-11-20(17)23)27-15-18-9-3-6-12-21(18)24/h1-12H,13-15H2. The Labute approximate surface area is 208 Å². The zero-order valence-corrected chi connectivity index (χ0v) is 22.2. The minimum Gasteiger partial charge on any atom is -0.307 e. The van der Waals surface area contributed by atoms with E-state index in [4.69, 9.17) is 13.6 Å². The van der Waals surface area contributed by atoms with Gasteiger partial charge in [-0.3, -0.25) is 0 Å². The summed E-state index contributed by atoms with van der Waals surface area (Å²) in [6.45, 7) is 1.38. The number of hydrogen-bond acceptors (Lipinski definition) is 3. The van der Waals surface area contributed by atoms with Crippen LogP contribution in [0.3, 0.4) is 0 Å². The fourth-order valence-corrected chi connectivity index (χ4v) is 4.91. The van der Waals surface area contributed by atoms with Gasteiger partial charge in [0.1, 0.15) is 0 Å². The first-order chi connectivity index (χ1) is 13.6. The summed E-state index contributed by atoms with van der Waals surface area (Å²) in [7, 11) is -1.48. The molecule has 28 heavy (non-hydrogen) atoms. The molecule has 0 unspecified atom stereocenters. The first-order valence-corrected chi connectivity index (χ1v) is 12.9. The van der Waals surface area contributed by atoms with E-state index in [-0.39, 0.29) is 0 Å². The van der Waals surface area contributed by atoms with Crippen molar-refractivity contribution < 1.29 is 13.6 Å². The highest BCUT2D eigenvalue weighted by Crippen LogP contribution is 2.43. The molecule has 0 atom stereocenters. The van der Waals surface area contributed by atoms with Gasteiger partial charge in [-0.05, 0) is 103 Å². The van der Waals surface area contributed by atoms with Crippen LogP contribution in [0, 0.1) is 10.7 Å². The van der Waals surface area contributed by atoms with Gasteiger partial charge in [-0.15, -0.1) is 0 Å². The molecule has 146 valence electrons. The molecule has 0 saturated carbocycles. The summed E-state index contributed by atoms with van der Waals surface area (Å²) >= 11 is 6.96. The van der Waals surface area contributed by atoms with Crippen molar-refractivity contribution in [3.63, 3.8) is 0 Å². The van der Waals surface area contributed by atoms with Crippen LogP contribution in [0.2, 0.25) is 0 Å². The lowest BCUT2D eigenvalue weighted by molar-refractivity contribution is 0.143. The van der Waals surface area contributed by atoms with Crippen molar-refractivity contribution in [1.82, 2.24) is 0 Å². The van der Waals surface area contributed by atoms with Gasteiger partial charge in [-0.1, -0.05) is 54.6 Å². The predicted octanol–water partition coefficient (Wildman–Crippen LogP) is 7.68. The second-order valence-electron chi connectivity index (χ2n) is 5.82. The second-order valence-corrected chi connectivity index (χ2v) is 10.5. The molecule has 0 bridgehead atoms. The van der Waals surface area contributed by atoms with Gasteiger partial charge in [-0.2, -0.15) is 0 Å². The van der Waals surface area contributed by atoms with E-state index in [2.05, 4.69) is 104 Å². The third-order valence-electron chi connectivity index (χ3n) is 3.85. The summed E-state index contributed by atoms with van der Waals surface area (Å²) in [5.74, 6) is 0. The molecule has 0 aliphatic heterocycles. The molecule has 3 aromatic rings. The summed E-state index contributed by atoms with van der Waals surface area (Å²) in [5, 5.41) is 0. The Balaban J connectivity index is 1.65. The molecule has 0 spiro atoms. The average Bonchev–Trinajstić information content (AvgIpc) is 2.71. The Hall–Kier alpha value is 0.160. The summed E-state index contributed by atoms with van der Waals surface area (Å²) in [6.07, 6.45) is 0. The van der Waals surface area contributed by atoms with E-state index in [9.17, 15) is 0 Å². The highest BCUT2D eigenvalue weighted by Gasteiger charge is 2.16. The van der Waals surface area contributed by atoms with Crippen LogP contribution in [0.1, 0.15) is 16.7 Å². The molecule has 0 aromatic heterocycles. The molecule has 3 rings (SSSR count). The fraction of sp³-hybridized carbons (Fsp3) is 0.143. The van der Waals surface area contributed by atoms with Crippen LogP contribution < -0.4 is 0 Å². The number of benzene rings is 3. The van der Waals surface area contributed by atoms with Crippen molar-refractivity contribution in [1.29, 1.82) is 0 Å². The first-order valence-electron chi connectivity index (χ1n) is 8.52. The lowest BCUT2D eigenvalue weighted by Gasteiger charge is -2.18. The third-order valence-corrected chi connectivity index (χ3v) is 8.03. The van der Waals surface area contributed by atoms with Gasteiger partial charge in [0.15, 0.2) is 0 Å². The minimum absolute atomic E-state index is 0.461. The van der Waals surface area contributed by atoms with E-state index in [0.29, 0.717) is 19.8 Å². The van der Waals surface area contributed by atoms with Gasteiger partial charge in [0.25, 0.3) is 0 Å². The van der Waals surface area contributed by atoms with Gasteiger partial charge < -0.3 is 13.6 Å². The third kappa shape index (κ3) is 7.14. The van der Waals surface area contributed by atoms with Crippen LogP contribution in [0.25, 0.3) is 0 Å². The minimum atomic E-state index is -1.48. The van der Waals surface area contributed by atoms with Crippen LogP contribution >= 0.6 is 76.4 Å². The maximum Gasteiger partial charge on any atom is 0.333 e. The highest BCUT2D eigenvalue weighted by atomic mass is 127. The van der Waals surface area contributed by atoms with Crippen LogP contribution in [0.4, 0.5) is 0 Å². The van der Waals surface area contributed by atoms with E-state index >= 15 is 0 Å². The summed E-state index contributed by atoms with van der Waals surface area (Å²) in [6, 6.07) is 24.5. The van der Waals surface area contributed by atoms with Gasteiger partial charge in [0.2, 0.25) is 0 Å². The molecule has 0 N–H and O–H groups in total. The summed E-state index contributed by atoms with van der Waals surface area (Å²) < 4.78 is 21.6. The van der Waals surface area contributed by atoms with E-state index in [1.165, 1.54) is 10.7 Å². The summed E-state index contributed by atoms with van der Waals surface area (Å²) in [5.41, 5.74) is 3.39. The van der Waals surface area contributed by atoms with E-state index < -0.39 is 8.60 Å². The van der Waals surface area contributed by atoms with Crippen molar-refractivity contribution in [2.24, 2.45) is 0 Å². The Morgan fingerprint density at radius 2 is 0.786 bits per heavy atom. The van der Waals surface area contributed by atoms with Crippen LogP contribution in [0.5, 0.6) is 0 Å². The van der Waals surface area contributed by atoms with E-state index in [0.717, 1.165) is 16.7 Å². The normalized spacial score (nSPS) is 11.1. The van der Waals surface area contributed by atoms with Crippen molar-refractivity contribution in [3.05, 3.63) is 100 Å². The maximum atomic E-state index is 6.04. The Morgan fingerprint density at radius 1 is 0.500 bits per heavy atom. The molecule has 7 heteroatoms. The molecule has 0 heterocycles. The lowest BCUT2D eigenvalue weighted by atomic mass is 10.2. The molecule has 0 aliphatic rings. The van der Waals surface area contributed by atoms with Crippen molar-refractivity contribution in [2.75, 3.05) is 0 Å². The monoisotopic (exact) mass is 730 g/mol. The maximum absolute atomic E-state index is 6.04. The van der Waals surface area contributed by atoms with E-state index in [1.807, 2.05) is 36.4 Å². The molecule has 3 nitrogen and oxygen atoms in total. The molecule has 0 aliphatic carbocycles. The van der Waals surface area contributed by atoms with Crippen LogP contribution in [-0.4, -0.2) is 0 Å². The van der Waals surface area contributed by atoms with Crippen molar-refractivity contribution in [2.45, 2.75) is 19.8 Å². The molecule has 0 fully saturated rings. The van der Waals surface area contributed by atoms with Crippen molar-refractivity contribution in [3.8, 4) is 0 Å². The van der Waals surface area contributed by atoms with E-state index in [1.54, 1.807) is 0 Å². The molecule has 3 aromatic carbocycles. The lowest BCUT2D eigenvalue weighted by Crippen LogP contribution is -2.00. The highest BCUT2D eigenvalue weighted by molar-refractivity contribution is 14.1. The smallest absolute Gasteiger partial charge is 0.307 e. The quantitative estimate of drug-likeness (QED) is 0.167. The van der Waals surface area contributed by atoms with Gasteiger partial charge in [-0.25, -0.2) is 0 Å². The molecule has 0 radical (unpaired) electrons. The Bertz CT molecular complexity index is 790. The number of hydrogen-bond donors (Lipinski definition) is 0. The first kappa shape index (κ1) is 22.8. The molecule has 0 saturated heterocycles. The van der Waals surface area contributed by atoms with Crippen molar-refractivity contribution >= 4 is 76.4 Å². The zero-order valence-electron chi connectivity index (χ0n) is 14.9. The number of rotatable bonds is 9. The van der Waals surface area contributed by atoms with Gasteiger partial charge >= 0.3 is 8.60 Å². The Morgan fingerprint density at radius 3 is 1.07 bits per heavy atom. The zero-order chi connectivity index (χ0) is 19.8. The van der Waals surface area contributed by atoms with Gasteiger partial charge in [0, 0.05) is 10.7 Å². The topological polar surface area (TPSA) is 27.7 Å². The molecule has 0 amide bonds. The predicted molar refractivity (Wildman–Crippen MR) is 139 cm³/mol. The average molecular weight is 730 g/mol. The van der Waals surface area contributed by atoms with Crippen LogP contribution in [-0.2, 0) is 33.4 Å². The second kappa shape index (κ2) is 12.1. The molecular weight excluding hydrogens is 712 g/mol. The van der Waals surface area contributed by atoms with Crippen LogP contribution in [0.15, 0.2) is 72.8 Å². The molecular formula is C21H18I3O3P. The Kier molecular flexibility index (Phi) is 9.89. The fourth-order valence-electron chi connectivity index (χ4n) is 2.32.